The van der Waals surface area contributed by atoms with Gasteiger partial charge in [0.25, 0.3) is 5.91 Å². The van der Waals surface area contributed by atoms with Gasteiger partial charge in [-0.2, -0.15) is 0 Å². The number of halogens is 1. The Balaban J connectivity index is 2.66. The molecular weight excluding hydrogens is 298 g/mol. The molecule has 1 rings (SSSR count). The van der Waals surface area contributed by atoms with Gasteiger partial charge in [-0.1, -0.05) is 11.6 Å². The second-order valence-electron chi connectivity index (χ2n) is 4.25. The lowest BCUT2D eigenvalue weighted by molar-refractivity contribution is -0.140. The minimum absolute atomic E-state index is 0.143. The van der Waals surface area contributed by atoms with Crippen LogP contribution in [0.15, 0.2) is 23.1 Å². The first kappa shape index (κ1) is 16.9. The van der Waals surface area contributed by atoms with Crippen molar-refractivity contribution in [3.8, 4) is 0 Å². The Morgan fingerprint density at radius 2 is 2.10 bits per heavy atom. The van der Waals surface area contributed by atoms with Gasteiger partial charge in [0.1, 0.15) is 0 Å². The van der Waals surface area contributed by atoms with Crippen LogP contribution < -0.4 is 0 Å². The van der Waals surface area contributed by atoms with Crippen LogP contribution in [0.4, 0.5) is 0 Å². The molecule has 0 unspecified atom stereocenters. The van der Waals surface area contributed by atoms with Gasteiger partial charge in [-0.15, -0.1) is 11.8 Å². The van der Waals surface area contributed by atoms with Gasteiger partial charge >= 0.3 is 5.97 Å². The molecule has 0 saturated heterocycles. The molecule has 1 amide bonds. The number of thioether (sulfide) groups is 1. The molecular formula is C14H18ClNO3S. The molecule has 6 heteroatoms. The third-order valence-corrected chi connectivity index (χ3v) is 3.91. The molecule has 0 bridgehead atoms. The number of benzene rings is 1. The zero-order chi connectivity index (χ0) is 15.1. The fourth-order valence-electron chi connectivity index (χ4n) is 1.67. The highest BCUT2D eigenvalue weighted by atomic mass is 35.5. The van der Waals surface area contributed by atoms with Crippen molar-refractivity contribution >= 4 is 35.2 Å². The van der Waals surface area contributed by atoms with Crippen LogP contribution in [0.5, 0.6) is 0 Å². The normalized spacial score (nSPS) is 10.2. The van der Waals surface area contributed by atoms with Crippen LogP contribution in [-0.4, -0.2) is 43.7 Å². The van der Waals surface area contributed by atoms with E-state index >= 15 is 0 Å². The molecule has 0 saturated carbocycles. The molecule has 1 aromatic carbocycles. The molecule has 0 heterocycles. The molecule has 0 spiro atoms. The highest BCUT2D eigenvalue weighted by Gasteiger charge is 2.16. The van der Waals surface area contributed by atoms with E-state index in [0.717, 1.165) is 4.90 Å². The average Bonchev–Trinajstić information content (AvgIpc) is 2.46. The largest absolute Gasteiger partial charge is 0.469 e. The Morgan fingerprint density at radius 1 is 1.40 bits per heavy atom. The van der Waals surface area contributed by atoms with Crippen LogP contribution in [-0.2, 0) is 9.53 Å². The van der Waals surface area contributed by atoms with Crippen molar-refractivity contribution in [2.45, 2.75) is 17.7 Å². The summed E-state index contributed by atoms with van der Waals surface area (Å²) in [4.78, 5) is 25.9. The summed E-state index contributed by atoms with van der Waals surface area (Å²) in [5.41, 5.74) is 0.485. The van der Waals surface area contributed by atoms with Crippen molar-refractivity contribution < 1.29 is 14.3 Å². The lowest BCUT2D eigenvalue weighted by Gasteiger charge is -2.18. The minimum atomic E-state index is -0.270. The van der Waals surface area contributed by atoms with E-state index in [2.05, 4.69) is 4.74 Å². The zero-order valence-corrected chi connectivity index (χ0v) is 13.4. The lowest BCUT2D eigenvalue weighted by Crippen LogP contribution is -2.28. The van der Waals surface area contributed by atoms with Gasteiger partial charge in [-0.25, -0.2) is 0 Å². The maximum absolute atomic E-state index is 12.3. The number of nitrogens with zero attached hydrogens (tertiary/aromatic N) is 1. The Morgan fingerprint density at radius 3 is 2.70 bits per heavy atom. The quantitative estimate of drug-likeness (QED) is 0.598. The van der Waals surface area contributed by atoms with Gasteiger partial charge in [-0.05, 0) is 30.9 Å². The molecule has 0 aliphatic carbocycles. The summed E-state index contributed by atoms with van der Waals surface area (Å²) in [6, 6.07) is 5.39. The summed E-state index contributed by atoms with van der Waals surface area (Å²) in [5, 5.41) is 0.438. The van der Waals surface area contributed by atoms with E-state index in [1.165, 1.54) is 7.11 Å². The van der Waals surface area contributed by atoms with E-state index in [9.17, 15) is 9.59 Å². The van der Waals surface area contributed by atoms with Gasteiger partial charge < -0.3 is 9.64 Å². The van der Waals surface area contributed by atoms with Crippen molar-refractivity contribution in [3.05, 3.63) is 28.8 Å². The number of methoxy groups -OCH3 is 1. The van der Waals surface area contributed by atoms with Gasteiger partial charge in [0.15, 0.2) is 0 Å². The zero-order valence-electron chi connectivity index (χ0n) is 11.8. The summed E-state index contributed by atoms with van der Waals surface area (Å²) in [7, 11) is 3.05. The number of hydrogen-bond donors (Lipinski definition) is 0. The summed E-state index contributed by atoms with van der Waals surface area (Å²) >= 11 is 7.62. The van der Waals surface area contributed by atoms with Crippen LogP contribution in [0.25, 0.3) is 0 Å². The van der Waals surface area contributed by atoms with E-state index in [0.29, 0.717) is 30.0 Å². The summed E-state index contributed by atoms with van der Waals surface area (Å²) < 4.78 is 4.56. The number of ether oxygens (including phenoxy) is 1. The van der Waals surface area contributed by atoms with E-state index in [-0.39, 0.29) is 11.9 Å². The molecule has 0 atom stereocenters. The fourth-order valence-corrected chi connectivity index (χ4v) is 2.30. The second kappa shape index (κ2) is 8.17. The smallest absolute Gasteiger partial charge is 0.305 e. The summed E-state index contributed by atoms with van der Waals surface area (Å²) in [6.45, 7) is 0.480. The van der Waals surface area contributed by atoms with Crippen LogP contribution in [0, 0.1) is 0 Å². The Bertz CT molecular complexity index is 493. The predicted molar refractivity (Wildman–Crippen MR) is 81.4 cm³/mol. The van der Waals surface area contributed by atoms with Crippen LogP contribution >= 0.6 is 23.4 Å². The number of rotatable bonds is 6. The van der Waals surface area contributed by atoms with Crippen molar-refractivity contribution in [3.63, 3.8) is 0 Å². The molecule has 110 valence electrons. The monoisotopic (exact) mass is 315 g/mol. The van der Waals surface area contributed by atoms with E-state index in [1.54, 1.807) is 35.8 Å². The van der Waals surface area contributed by atoms with Crippen LogP contribution in [0.3, 0.4) is 0 Å². The summed E-state index contributed by atoms with van der Waals surface area (Å²) in [5.74, 6) is -0.413. The highest BCUT2D eigenvalue weighted by molar-refractivity contribution is 7.98. The number of carbonyl (C=O) groups excluding carboxylic acids is 2. The molecule has 0 fully saturated rings. The number of hydrogen-bond acceptors (Lipinski definition) is 4. The Labute approximate surface area is 128 Å². The topological polar surface area (TPSA) is 46.6 Å². The molecule has 20 heavy (non-hydrogen) atoms. The molecule has 0 aliphatic heterocycles. The van der Waals surface area contributed by atoms with Crippen molar-refractivity contribution in [1.29, 1.82) is 0 Å². The number of carbonyl (C=O) groups is 2. The fraction of sp³-hybridized carbons (Fsp3) is 0.429. The first-order valence-electron chi connectivity index (χ1n) is 6.15. The lowest BCUT2D eigenvalue weighted by atomic mass is 10.2. The maximum Gasteiger partial charge on any atom is 0.305 e. The first-order chi connectivity index (χ1) is 9.49. The van der Waals surface area contributed by atoms with Gasteiger partial charge in [-0.3, -0.25) is 9.59 Å². The SMILES string of the molecule is COC(=O)CCCN(C)C(=O)c1cc(SC)ccc1Cl. The third-order valence-electron chi connectivity index (χ3n) is 2.85. The van der Waals surface area contributed by atoms with Crippen molar-refractivity contribution in [2.24, 2.45) is 0 Å². The van der Waals surface area contributed by atoms with Crippen LogP contribution in [0.1, 0.15) is 23.2 Å². The van der Waals surface area contributed by atoms with E-state index in [1.807, 2.05) is 12.3 Å². The standard InChI is InChI=1S/C14H18ClNO3S/c1-16(8-4-5-13(17)19-2)14(18)11-9-10(20-3)6-7-12(11)15/h6-7,9H,4-5,8H2,1-3H3. The Hall–Kier alpha value is -1.20. The maximum atomic E-state index is 12.3. The first-order valence-corrected chi connectivity index (χ1v) is 7.75. The molecule has 0 aromatic heterocycles. The van der Waals surface area contributed by atoms with Crippen molar-refractivity contribution in [2.75, 3.05) is 27.0 Å². The van der Waals surface area contributed by atoms with E-state index in [4.69, 9.17) is 11.6 Å². The molecule has 0 radical (unpaired) electrons. The number of amides is 1. The summed E-state index contributed by atoms with van der Waals surface area (Å²) in [6.07, 6.45) is 2.80. The van der Waals surface area contributed by atoms with Gasteiger partial charge in [0, 0.05) is 24.9 Å². The molecule has 1 aromatic rings. The highest BCUT2D eigenvalue weighted by Crippen LogP contribution is 2.24. The molecule has 0 N–H and O–H groups in total. The molecule has 0 aliphatic rings. The third kappa shape index (κ3) is 4.72. The van der Waals surface area contributed by atoms with E-state index < -0.39 is 0 Å². The second-order valence-corrected chi connectivity index (χ2v) is 5.54. The van der Waals surface area contributed by atoms with Gasteiger partial charge in [0.05, 0.1) is 17.7 Å². The molecule has 4 nitrogen and oxygen atoms in total. The van der Waals surface area contributed by atoms with Crippen LogP contribution in [0.2, 0.25) is 5.02 Å². The predicted octanol–water partition coefficient (Wildman–Crippen LogP) is 3.09. The average molecular weight is 316 g/mol. The van der Waals surface area contributed by atoms with Crippen molar-refractivity contribution in [1.82, 2.24) is 4.90 Å². The Kier molecular flexibility index (Phi) is 6.88. The van der Waals surface area contributed by atoms with Gasteiger partial charge in [0.2, 0.25) is 0 Å². The minimum Gasteiger partial charge on any atom is -0.469 e. The number of esters is 1.